The Morgan fingerprint density at radius 2 is 2.19 bits per heavy atom. The molecule has 0 saturated carbocycles. The largest absolute Gasteiger partial charge is 0.319 e. The van der Waals surface area contributed by atoms with Crippen molar-refractivity contribution in [3.05, 3.63) is 29.8 Å². The third-order valence-corrected chi connectivity index (χ3v) is 2.65. The van der Waals surface area contributed by atoms with Gasteiger partial charge >= 0.3 is 0 Å². The molecule has 0 bridgehead atoms. The van der Waals surface area contributed by atoms with Crippen molar-refractivity contribution in [2.75, 3.05) is 25.5 Å². The van der Waals surface area contributed by atoms with Gasteiger partial charge in [0.2, 0.25) is 5.91 Å². The van der Waals surface area contributed by atoms with Crippen LogP contribution in [0.4, 0.5) is 5.69 Å². The fourth-order valence-electron chi connectivity index (χ4n) is 1.69. The summed E-state index contributed by atoms with van der Waals surface area (Å²) in [7, 11) is 3.68. The molecule has 0 aliphatic rings. The molecule has 1 amide bonds. The van der Waals surface area contributed by atoms with E-state index in [0.29, 0.717) is 6.54 Å². The first kappa shape index (κ1) is 12.7. The second kappa shape index (κ2) is 5.66. The molecule has 3 heteroatoms. The Labute approximate surface area is 97.5 Å². The summed E-state index contributed by atoms with van der Waals surface area (Å²) in [5.41, 5.74) is 2.12. The molecule has 0 fully saturated rings. The van der Waals surface area contributed by atoms with Crippen LogP contribution < -0.4 is 10.2 Å². The van der Waals surface area contributed by atoms with Crippen molar-refractivity contribution >= 4 is 11.6 Å². The number of hydrogen-bond acceptors (Lipinski definition) is 2. The van der Waals surface area contributed by atoms with E-state index in [1.807, 2.05) is 52.2 Å². The van der Waals surface area contributed by atoms with E-state index >= 15 is 0 Å². The number of nitrogens with zero attached hydrogens (tertiary/aromatic N) is 1. The molecule has 1 rings (SSSR count). The highest BCUT2D eigenvalue weighted by molar-refractivity contribution is 5.94. The number of hydrogen-bond donors (Lipinski definition) is 1. The van der Waals surface area contributed by atoms with E-state index in [1.54, 1.807) is 4.90 Å². The van der Waals surface area contributed by atoms with Crippen LogP contribution in [0.5, 0.6) is 0 Å². The lowest BCUT2D eigenvalue weighted by molar-refractivity contribution is -0.121. The van der Waals surface area contributed by atoms with E-state index in [0.717, 1.165) is 5.69 Å². The Morgan fingerprint density at radius 1 is 1.50 bits per heavy atom. The molecule has 1 aromatic rings. The van der Waals surface area contributed by atoms with Gasteiger partial charge in [0.05, 0.1) is 0 Å². The third kappa shape index (κ3) is 3.07. The van der Waals surface area contributed by atoms with Crippen molar-refractivity contribution in [1.82, 2.24) is 5.32 Å². The lowest BCUT2D eigenvalue weighted by atomic mass is 10.1. The predicted molar refractivity (Wildman–Crippen MR) is 67.7 cm³/mol. The second-order valence-electron chi connectivity index (χ2n) is 4.19. The average Bonchev–Trinajstić information content (AvgIpc) is 2.27. The van der Waals surface area contributed by atoms with Crippen LogP contribution in [0.3, 0.4) is 0 Å². The quantitative estimate of drug-likeness (QED) is 0.839. The molecular formula is C13H20N2O. The normalized spacial score (nSPS) is 12.2. The first-order valence-corrected chi connectivity index (χ1v) is 5.55. The highest BCUT2D eigenvalue weighted by Crippen LogP contribution is 2.16. The van der Waals surface area contributed by atoms with Gasteiger partial charge in [0.25, 0.3) is 0 Å². The van der Waals surface area contributed by atoms with E-state index in [-0.39, 0.29) is 11.8 Å². The number of benzene rings is 1. The summed E-state index contributed by atoms with van der Waals surface area (Å²) in [5, 5.41) is 3.02. The topological polar surface area (TPSA) is 32.3 Å². The highest BCUT2D eigenvalue weighted by Gasteiger charge is 2.17. The van der Waals surface area contributed by atoms with Crippen LogP contribution in [0.25, 0.3) is 0 Å². The summed E-state index contributed by atoms with van der Waals surface area (Å²) < 4.78 is 0. The van der Waals surface area contributed by atoms with Gasteiger partial charge in [-0.1, -0.05) is 19.1 Å². The Kier molecular flexibility index (Phi) is 4.50. The fraction of sp³-hybridized carbons (Fsp3) is 0.462. The van der Waals surface area contributed by atoms with Crippen molar-refractivity contribution in [3.63, 3.8) is 0 Å². The maximum atomic E-state index is 12.0. The molecule has 1 aromatic carbocycles. The fourth-order valence-corrected chi connectivity index (χ4v) is 1.69. The molecule has 16 heavy (non-hydrogen) atoms. The first-order valence-electron chi connectivity index (χ1n) is 5.55. The minimum atomic E-state index is -0.00416. The van der Waals surface area contributed by atoms with Gasteiger partial charge in [0.1, 0.15) is 0 Å². The molecule has 1 unspecified atom stereocenters. The van der Waals surface area contributed by atoms with Crippen LogP contribution in [-0.4, -0.2) is 26.5 Å². The van der Waals surface area contributed by atoms with E-state index in [1.165, 1.54) is 5.56 Å². The first-order chi connectivity index (χ1) is 7.56. The minimum absolute atomic E-state index is 0.00416. The molecule has 1 atom stereocenters. The number of amides is 1. The Hall–Kier alpha value is -1.35. The Balaban J connectivity index is 2.77. The predicted octanol–water partition coefficient (Wildman–Crippen LogP) is 1.81. The van der Waals surface area contributed by atoms with Crippen LogP contribution in [0.2, 0.25) is 0 Å². The van der Waals surface area contributed by atoms with Gasteiger partial charge in [-0.05, 0) is 31.7 Å². The molecule has 0 radical (unpaired) electrons. The van der Waals surface area contributed by atoms with Gasteiger partial charge < -0.3 is 10.2 Å². The SMILES string of the molecule is CNCC(C)C(=O)N(C)c1cccc(C)c1. The second-order valence-corrected chi connectivity index (χ2v) is 4.19. The average molecular weight is 220 g/mol. The zero-order chi connectivity index (χ0) is 12.1. The smallest absolute Gasteiger partial charge is 0.230 e. The Bertz CT molecular complexity index is 363. The van der Waals surface area contributed by atoms with Gasteiger partial charge in [0, 0.05) is 25.2 Å². The maximum Gasteiger partial charge on any atom is 0.230 e. The minimum Gasteiger partial charge on any atom is -0.319 e. The van der Waals surface area contributed by atoms with Crippen molar-refractivity contribution < 1.29 is 4.79 Å². The number of carbonyl (C=O) groups is 1. The number of aryl methyl sites for hydroxylation is 1. The number of anilines is 1. The van der Waals surface area contributed by atoms with Crippen molar-refractivity contribution in [3.8, 4) is 0 Å². The van der Waals surface area contributed by atoms with Gasteiger partial charge in [-0.15, -0.1) is 0 Å². The zero-order valence-electron chi connectivity index (χ0n) is 10.4. The highest BCUT2D eigenvalue weighted by atomic mass is 16.2. The van der Waals surface area contributed by atoms with Gasteiger partial charge in [-0.2, -0.15) is 0 Å². The summed E-state index contributed by atoms with van der Waals surface area (Å²) in [6.07, 6.45) is 0. The third-order valence-electron chi connectivity index (χ3n) is 2.65. The van der Waals surface area contributed by atoms with Gasteiger partial charge in [-0.25, -0.2) is 0 Å². The summed E-state index contributed by atoms with van der Waals surface area (Å²) in [6, 6.07) is 7.97. The molecular weight excluding hydrogens is 200 g/mol. The van der Waals surface area contributed by atoms with Crippen LogP contribution in [0.1, 0.15) is 12.5 Å². The molecule has 0 aliphatic carbocycles. The zero-order valence-corrected chi connectivity index (χ0v) is 10.4. The van der Waals surface area contributed by atoms with E-state index in [2.05, 4.69) is 5.32 Å². The van der Waals surface area contributed by atoms with Crippen molar-refractivity contribution in [2.45, 2.75) is 13.8 Å². The van der Waals surface area contributed by atoms with Crippen LogP contribution in [0.15, 0.2) is 24.3 Å². The molecule has 0 aliphatic heterocycles. The summed E-state index contributed by atoms with van der Waals surface area (Å²) in [5.74, 6) is 0.135. The molecule has 3 nitrogen and oxygen atoms in total. The van der Waals surface area contributed by atoms with E-state index in [4.69, 9.17) is 0 Å². The maximum absolute atomic E-state index is 12.0. The van der Waals surface area contributed by atoms with Crippen molar-refractivity contribution in [1.29, 1.82) is 0 Å². The molecule has 1 N–H and O–H groups in total. The van der Waals surface area contributed by atoms with Gasteiger partial charge in [-0.3, -0.25) is 4.79 Å². The monoisotopic (exact) mass is 220 g/mol. The lowest BCUT2D eigenvalue weighted by Gasteiger charge is -2.21. The summed E-state index contributed by atoms with van der Waals surface area (Å²) >= 11 is 0. The molecule has 0 saturated heterocycles. The molecule has 0 heterocycles. The van der Waals surface area contributed by atoms with Gasteiger partial charge in [0.15, 0.2) is 0 Å². The standard InChI is InChI=1S/C13H20N2O/c1-10-6-5-7-12(8-10)15(4)13(16)11(2)9-14-3/h5-8,11,14H,9H2,1-4H3. The summed E-state index contributed by atoms with van der Waals surface area (Å²) in [6.45, 7) is 4.67. The van der Waals surface area contributed by atoms with Crippen LogP contribution in [-0.2, 0) is 4.79 Å². The Morgan fingerprint density at radius 3 is 2.75 bits per heavy atom. The van der Waals surface area contributed by atoms with E-state index in [9.17, 15) is 4.79 Å². The molecule has 0 aromatic heterocycles. The van der Waals surface area contributed by atoms with E-state index < -0.39 is 0 Å². The van der Waals surface area contributed by atoms with Crippen LogP contribution in [0, 0.1) is 12.8 Å². The number of nitrogens with one attached hydrogen (secondary N) is 1. The number of rotatable bonds is 4. The lowest BCUT2D eigenvalue weighted by Crippen LogP contribution is -2.35. The summed E-state index contributed by atoms with van der Waals surface area (Å²) in [4.78, 5) is 13.7. The van der Waals surface area contributed by atoms with Crippen LogP contribution >= 0.6 is 0 Å². The number of carbonyl (C=O) groups excluding carboxylic acids is 1. The van der Waals surface area contributed by atoms with Crippen molar-refractivity contribution in [2.24, 2.45) is 5.92 Å². The molecule has 0 spiro atoms. The molecule has 88 valence electrons.